The van der Waals surface area contributed by atoms with Crippen LogP contribution in [0.4, 0.5) is 0 Å². The van der Waals surface area contributed by atoms with Crippen LogP contribution in [0, 0.1) is 5.92 Å². The first-order valence-electron chi connectivity index (χ1n) is 5.57. The summed E-state index contributed by atoms with van der Waals surface area (Å²) in [6.07, 6.45) is 0. The minimum atomic E-state index is 0. The van der Waals surface area contributed by atoms with Gasteiger partial charge in [0.2, 0.25) is 0 Å². The third-order valence-electron chi connectivity index (χ3n) is 1.55. The topological polar surface area (TPSA) is 33.5 Å². The van der Waals surface area contributed by atoms with Crippen LogP contribution >= 0.6 is 0 Å². The molecule has 0 saturated heterocycles. The number of fused-ring (bicyclic) bond motifs is 1. The quantitative estimate of drug-likeness (QED) is 0.442. The zero-order valence-corrected chi connectivity index (χ0v) is 14.7. The molecule has 2 rings (SSSR count). The first-order valence-corrected chi connectivity index (χ1v) is 7.57. The molecule has 0 unspecified atom stereocenters. The van der Waals surface area contributed by atoms with Crippen LogP contribution in [-0.2, 0) is 21.7 Å². The maximum atomic E-state index is 2.15. The Bertz CT molecular complexity index is 338. The van der Waals surface area contributed by atoms with Gasteiger partial charge in [-0.2, -0.15) is 38.3 Å². The normalized spacial score (nSPS) is 8.11. The van der Waals surface area contributed by atoms with Crippen LogP contribution in [0.3, 0.4) is 0 Å². The molecule has 0 saturated carbocycles. The second kappa shape index (κ2) is 14.8. The molecule has 97 valence electrons. The summed E-state index contributed by atoms with van der Waals surface area (Å²) in [7, 11) is 1.08. The fourth-order valence-electron chi connectivity index (χ4n) is 1.07. The Morgan fingerprint density at radius 1 is 1.00 bits per heavy atom. The van der Waals surface area contributed by atoms with E-state index in [0.29, 0.717) is 0 Å². The van der Waals surface area contributed by atoms with Crippen molar-refractivity contribution in [1.29, 1.82) is 0 Å². The average Bonchev–Trinajstić information content (AvgIpc) is 2.65. The van der Waals surface area contributed by atoms with Gasteiger partial charge in [0.05, 0.1) is 0 Å². The minimum absolute atomic E-state index is 0. The molecule has 0 aliphatic heterocycles. The SMILES string of the molecule is C[C-](C)C.C[Si]C.[NH2-].[Ti+3].c1ccc2[cH-]ccc2c1. The molecule has 0 bridgehead atoms. The van der Waals surface area contributed by atoms with Gasteiger partial charge in [-0.3, -0.25) is 0 Å². The largest absolute Gasteiger partial charge is 3.00 e. The monoisotopic (exact) mass is 294 g/mol. The minimum Gasteiger partial charge on any atom is -0.693 e. The Labute approximate surface area is 130 Å². The summed E-state index contributed by atoms with van der Waals surface area (Å²) >= 11 is 0. The van der Waals surface area contributed by atoms with Gasteiger partial charge in [0.25, 0.3) is 0 Å². The van der Waals surface area contributed by atoms with Crippen molar-refractivity contribution < 1.29 is 21.7 Å². The fraction of sp³-hybridized carbons (Fsp3) is 0.333. The maximum absolute atomic E-state index is 2.15. The van der Waals surface area contributed by atoms with Gasteiger partial charge in [0, 0.05) is 9.52 Å². The molecule has 0 fully saturated rings. The van der Waals surface area contributed by atoms with Gasteiger partial charge in [0.15, 0.2) is 0 Å². The van der Waals surface area contributed by atoms with Crippen LogP contribution in [0.2, 0.25) is 13.1 Å². The number of nitrogens with two attached hydrogens (primary N) is 1. The van der Waals surface area contributed by atoms with E-state index in [1.807, 2.05) is 0 Å². The van der Waals surface area contributed by atoms with Crippen molar-refractivity contribution in [1.82, 2.24) is 0 Å². The number of hydrogen-bond acceptors (Lipinski definition) is 0. The Kier molecular flexibility index (Phi) is 18.8. The Morgan fingerprint density at radius 3 is 1.89 bits per heavy atom. The summed E-state index contributed by atoms with van der Waals surface area (Å²) in [4.78, 5) is 0. The Balaban J connectivity index is -0.000000219. The molecule has 0 aliphatic rings. The predicted octanol–water partition coefficient (Wildman–Crippen LogP) is 5.68. The molecule has 2 aromatic carbocycles. The molecule has 18 heavy (non-hydrogen) atoms. The van der Waals surface area contributed by atoms with E-state index >= 15 is 0 Å². The Morgan fingerprint density at radius 2 is 1.44 bits per heavy atom. The van der Waals surface area contributed by atoms with E-state index in [-0.39, 0.29) is 27.9 Å². The van der Waals surface area contributed by atoms with Crippen molar-refractivity contribution in [2.75, 3.05) is 0 Å². The van der Waals surface area contributed by atoms with E-state index < -0.39 is 0 Å². The van der Waals surface area contributed by atoms with Gasteiger partial charge < -0.3 is 12.1 Å². The molecule has 3 radical (unpaired) electrons. The molecule has 0 aromatic heterocycles. The molecule has 2 N–H and O–H groups in total. The van der Waals surface area contributed by atoms with Crippen molar-refractivity contribution in [2.24, 2.45) is 0 Å². The zero-order chi connectivity index (χ0) is 12.4. The van der Waals surface area contributed by atoms with Gasteiger partial charge in [-0.25, -0.2) is 0 Å². The summed E-state index contributed by atoms with van der Waals surface area (Å²) in [5.74, 6) is 1.42. The van der Waals surface area contributed by atoms with E-state index in [0.717, 1.165) is 9.52 Å². The maximum Gasteiger partial charge on any atom is 3.00 e. The van der Waals surface area contributed by atoms with Crippen LogP contribution in [0.25, 0.3) is 16.9 Å². The summed E-state index contributed by atoms with van der Waals surface area (Å²) in [5, 5.41) is 2.66. The molecule has 0 amide bonds. The summed E-state index contributed by atoms with van der Waals surface area (Å²) in [5.41, 5.74) is 0. The first-order chi connectivity index (χ1) is 7.61. The summed E-state index contributed by atoms with van der Waals surface area (Å²) in [6.45, 7) is 10.6. The Hall–Kier alpha value is -0.279. The molecule has 3 heteroatoms. The van der Waals surface area contributed by atoms with E-state index in [1.165, 1.54) is 16.7 Å². The van der Waals surface area contributed by atoms with Gasteiger partial charge in [-0.1, -0.05) is 19.2 Å². The predicted molar refractivity (Wildman–Crippen MR) is 82.6 cm³/mol. The van der Waals surface area contributed by atoms with Crippen molar-refractivity contribution in [3.05, 3.63) is 54.5 Å². The van der Waals surface area contributed by atoms with Gasteiger partial charge in [-0.15, -0.1) is 29.7 Å². The van der Waals surface area contributed by atoms with E-state index in [4.69, 9.17) is 0 Å². The third-order valence-corrected chi connectivity index (χ3v) is 1.55. The molecular formula is C15H24NSiTi. The van der Waals surface area contributed by atoms with Crippen LogP contribution in [0.15, 0.2) is 42.5 Å². The van der Waals surface area contributed by atoms with Crippen LogP contribution in [0.5, 0.6) is 0 Å². The van der Waals surface area contributed by atoms with E-state index in [2.05, 4.69) is 76.3 Å². The van der Waals surface area contributed by atoms with Gasteiger partial charge >= 0.3 is 21.7 Å². The third kappa shape index (κ3) is 12.2. The summed E-state index contributed by atoms with van der Waals surface area (Å²) in [6, 6.07) is 14.7. The smallest absolute Gasteiger partial charge is 0.693 e. The molecule has 2 aromatic rings. The van der Waals surface area contributed by atoms with Crippen LogP contribution < -0.4 is 0 Å². The van der Waals surface area contributed by atoms with Crippen molar-refractivity contribution in [2.45, 2.75) is 33.9 Å². The zero-order valence-electron chi connectivity index (χ0n) is 12.1. The van der Waals surface area contributed by atoms with Crippen LogP contribution in [-0.4, -0.2) is 9.52 Å². The van der Waals surface area contributed by atoms with Gasteiger partial charge in [0.1, 0.15) is 0 Å². The second-order valence-electron chi connectivity index (χ2n) is 4.15. The number of benzene rings is 1. The van der Waals surface area contributed by atoms with E-state index in [9.17, 15) is 0 Å². The average molecular weight is 294 g/mol. The molecule has 0 aliphatic carbocycles. The van der Waals surface area contributed by atoms with Crippen LogP contribution in [0.1, 0.15) is 20.8 Å². The standard InChI is InChI=1S/C9H7.C4H9.C2H6Si.H2N.Ti/c1-2-5-9-7-3-6-8(9)4-1;1-4(2)3;1-3-2;;/h1-7H;1-3H3;1-2H3;1H2;/q2*-1;;-1;+3. The number of rotatable bonds is 0. The second-order valence-corrected chi connectivity index (χ2v) is 5.15. The summed E-state index contributed by atoms with van der Waals surface area (Å²) < 4.78 is 0. The molecular weight excluding hydrogens is 270 g/mol. The fourth-order valence-corrected chi connectivity index (χ4v) is 1.07. The van der Waals surface area contributed by atoms with Gasteiger partial charge in [-0.05, 0) is 0 Å². The molecule has 0 spiro atoms. The molecule has 0 atom stereocenters. The molecule has 0 heterocycles. The van der Waals surface area contributed by atoms with Crippen molar-refractivity contribution in [3.63, 3.8) is 0 Å². The van der Waals surface area contributed by atoms with Crippen molar-refractivity contribution >= 4 is 20.3 Å². The molecule has 1 nitrogen and oxygen atoms in total. The number of hydrogen-bond donors (Lipinski definition) is 0. The van der Waals surface area contributed by atoms with E-state index in [1.54, 1.807) is 0 Å². The van der Waals surface area contributed by atoms with Crippen molar-refractivity contribution in [3.8, 4) is 0 Å². The first kappa shape index (κ1) is 22.9.